The van der Waals surface area contributed by atoms with Gasteiger partial charge in [0, 0.05) is 53.5 Å². The van der Waals surface area contributed by atoms with Crippen LogP contribution in [0.1, 0.15) is 88.8 Å². The van der Waals surface area contributed by atoms with Crippen LogP contribution in [0.2, 0.25) is 10.0 Å². The summed E-state index contributed by atoms with van der Waals surface area (Å²) >= 11 is 13.8. The zero-order valence-electron chi connectivity index (χ0n) is 36.1. The van der Waals surface area contributed by atoms with Crippen molar-refractivity contribution in [3.63, 3.8) is 0 Å². The van der Waals surface area contributed by atoms with Crippen LogP contribution in [-0.2, 0) is 24.6 Å². The summed E-state index contributed by atoms with van der Waals surface area (Å²) in [6.07, 6.45) is 7.81. The molecule has 0 radical (unpaired) electrons. The Bertz CT molecular complexity index is 2580. The zero-order chi connectivity index (χ0) is 45.5. The maximum Gasteiger partial charge on any atom is 0.303 e. The van der Waals surface area contributed by atoms with E-state index in [1.165, 1.54) is 32.7 Å². The molecule has 2 aromatic carbocycles. The first kappa shape index (κ1) is 46.0. The van der Waals surface area contributed by atoms with Gasteiger partial charge in [0.1, 0.15) is 51.7 Å². The van der Waals surface area contributed by atoms with Crippen molar-refractivity contribution in [2.24, 2.45) is 5.92 Å². The van der Waals surface area contributed by atoms with Crippen molar-refractivity contribution in [1.82, 2.24) is 29.2 Å². The third kappa shape index (κ3) is 9.41. The molecule has 3 aliphatic heterocycles. The molecule has 3 amide bonds. The number of amides is 3. The lowest BCUT2D eigenvalue weighted by Gasteiger charge is -2.30. The van der Waals surface area contributed by atoms with Gasteiger partial charge in [-0.05, 0) is 75.6 Å². The van der Waals surface area contributed by atoms with Gasteiger partial charge < -0.3 is 25.0 Å². The summed E-state index contributed by atoms with van der Waals surface area (Å²) in [6.45, 7) is 6.60. The summed E-state index contributed by atoms with van der Waals surface area (Å²) in [7, 11) is -2.58. The minimum atomic E-state index is -4.17. The number of aromatic nitrogens is 2. The van der Waals surface area contributed by atoms with Crippen molar-refractivity contribution in [3.05, 3.63) is 75.0 Å². The molecule has 64 heavy (non-hydrogen) atoms. The summed E-state index contributed by atoms with van der Waals surface area (Å²) < 4.78 is 57.5. The van der Waals surface area contributed by atoms with Crippen molar-refractivity contribution >= 4 is 79.1 Å². The molecule has 342 valence electrons. The maximum atomic E-state index is 15.0. The number of carbonyl (C=O) groups is 3. The van der Waals surface area contributed by atoms with Crippen LogP contribution in [0.4, 0.5) is 10.1 Å². The second kappa shape index (κ2) is 18.7. The topological polar surface area (TPSA) is 172 Å². The third-order valence-electron chi connectivity index (χ3n) is 12.6. The predicted molar refractivity (Wildman–Crippen MR) is 246 cm³/mol. The molecule has 1 saturated carbocycles. The van der Waals surface area contributed by atoms with Crippen LogP contribution in [0, 0.1) is 18.7 Å². The standard InChI is InChI=1S/C45H52Cl2FN7O7S2/c1-25(2)35-24-63-42(51-35)34-21-38(30-14-15-37(61-4)26(3)40(30)50-34)62-29-20-36-41(56)52-45(44(58)53-64(59,60)54-16-10-11-17-54)22-27(45)12-8-6-5-7-9-13-33(43(57)55(36)23-29)49-28-18-31(46)39(47)32(48)19-28/h8,12,14-15,18-19,21,24-25,27,29,33,36,49H,5-7,9-11,13,16-17,20,22-23H2,1-4H3,(H,52,56)(H,53,58)/b12-8-/t27-,29-,33+,36+,45-/m1/s1. The zero-order valence-corrected chi connectivity index (χ0v) is 39.2. The number of nitrogens with one attached hydrogen (secondary N) is 3. The van der Waals surface area contributed by atoms with Gasteiger partial charge in [-0.3, -0.25) is 14.4 Å². The number of allylic oxidation sites excluding steroid dienone is 1. The van der Waals surface area contributed by atoms with Crippen LogP contribution < -0.4 is 24.8 Å². The highest BCUT2D eigenvalue weighted by atomic mass is 35.5. The van der Waals surface area contributed by atoms with E-state index in [0.29, 0.717) is 78.3 Å². The minimum Gasteiger partial charge on any atom is -0.496 e. The molecule has 5 heterocycles. The number of ether oxygens (including phenoxy) is 2. The van der Waals surface area contributed by atoms with Crippen molar-refractivity contribution in [2.45, 2.75) is 108 Å². The summed E-state index contributed by atoms with van der Waals surface area (Å²) in [5.74, 6) is -1.85. The van der Waals surface area contributed by atoms with E-state index in [-0.39, 0.29) is 41.0 Å². The number of rotatable bonds is 10. The molecule has 2 saturated heterocycles. The summed E-state index contributed by atoms with van der Waals surface area (Å²) in [5, 5.41) is 9.22. The fourth-order valence-corrected chi connectivity index (χ4v) is 11.4. The summed E-state index contributed by atoms with van der Waals surface area (Å²) in [5.41, 5.74) is 1.60. The Morgan fingerprint density at radius 1 is 1.06 bits per heavy atom. The number of hydrogen-bond donors (Lipinski definition) is 3. The number of thiazole rings is 1. The molecule has 2 aromatic heterocycles. The third-order valence-corrected chi connectivity index (χ3v) is 15.7. The van der Waals surface area contributed by atoms with E-state index in [1.807, 2.05) is 42.7 Å². The van der Waals surface area contributed by atoms with E-state index < -0.39 is 63.4 Å². The number of pyridine rings is 1. The average Bonchev–Trinajstić information content (AvgIpc) is 3.77. The Kier molecular flexibility index (Phi) is 13.5. The molecule has 0 bridgehead atoms. The number of aryl methyl sites for hydroxylation is 1. The van der Waals surface area contributed by atoms with Gasteiger partial charge >= 0.3 is 10.2 Å². The van der Waals surface area contributed by atoms with Crippen LogP contribution in [0.5, 0.6) is 11.5 Å². The quantitative estimate of drug-likeness (QED) is 0.105. The molecule has 1 aliphatic carbocycles. The summed E-state index contributed by atoms with van der Waals surface area (Å²) in [4.78, 5) is 55.2. The smallest absolute Gasteiger partial charge is 0.303 e. The van der Waals surface area contributed by atoms with Gasteiger partial charge in [0.15, 0.2) is 0 Å². The number of halogens is 3. The van der Waals surface area contributed by atoms with Crippen molar-refractivity contribution in [3.8, 4) is 22.2 Å². The van der Waals surface area contributed by atoms with E-state index in [2.05, 4.69) is 29.2 Å². The van der Waals surface area contributed by atoms with E-state index in [1.54, 1.807) is 7.11 Å². The second-order valence-electron chi connectivity index (χ2n) is 17.3. The molecule has 4 aliphatic rings. The Balaban J connectivity index is 1.16. The molecule has 0 spiro atoms. The number of hydrogen-bond acceptors (Lipinski definition) is 11. The number of fused-ring (bicyclic) bond motifs is 3. The Hall–Kier alpha value is -4.55. The molecule has 14 nitrogen and oxygen atoms in total. The van der Waals surface area contributed by atoms with Crippen molar-refractivity contribution in [1.29, 1.82) is 0 Å². The van der Waals surface area contributed by atoms with Crippen LogP contribution in [0.25, 0.3) is 21.6 Å². The Morgan fingerprint density at radius 2 is 1.84 bits per heavy atom. The molecule has 3 fully saturated rings. The number of benzene rings is 2. The SMILES string of the molecule is COc1ccc2c(O[C@@H]3C[C@H]4C(=O)N[C@]5(C(=O)NS(=O)(=O)N6CCCC6)C[C@H]5/C=C\CCCCC[C@H](Nc5cc(F)c(Cl)c(Cl)c5)C(=O)N4C3)cc(-c3nc(C(C)C)cs3)nc2c1C. The second-order valence-corrected chi connectivity index (χ2v) is 20.7. The van der Waals surface area contributed by atoms with Crippen molar-refractivity contribution in [2.75, 3.05) is 32.1 Å². The van der Waals surface area contributed by atoms with E-state index in [9.17, 15) is 27.2 Å². The van der Waals surface area contributed by atoms with Gasteiger partial charge in [0.25, 0.3) is 5.91 Å². The normalized spacial score (nSPS) is 25.0. The van der Waals surface area contributed by atoms with Crippen molar-refractivity contribution < 1.29 is 36.7 Å². The van der Waals surface area contributed by atoms with Gasteiger partial charge in [-0.1, -0.05) is 62.0 Å². The lowest BCUT2D eigenvalue weighted by Crippen LogP contribution is -2.58. The van der Waals surface area contributed by atoms with Gasteiger partial charge in [-0.25, -0.2) is 19.1 Å². The first-order valence-electron chi connectivity index (χ1n) is 21.7. The predicted octanol–water partition coefficient (Wildman–Crippen LogP) is 7.93. The highest BCUT2D eigenvalue weighted by Crippen LogP contribution is 2.46. The molecule has 0 unspecified atom stereocenters. The van der Waals surface area contributed by atoms with Crippen LogP contribution in [-0.4, -0.2) is 95.8 Å². The van der Waals surface area contributed by atoms with E-state index >= 15 is 0 Å². The summed E-state index contributed by atoms with van der Waals surface area (Å²) in [6, 6.07) is 6.05. The number of nitrogens with zero attached hydrogens (tertiary/aromatic N) is 4. The average molecular weight is 957 g/mol. The molecular formula is C45H52Cl2FN7O7S2. The van der Waals surface area contributed by atoms with Gasteiger partial charge in [-0.2, -0.15) is 12.7 Å². The highest BCUT2D eigenvalue weighted by molar-refractivity contribution is 7.87. The fraction of sp³-hybridized carbons (Fsp3) is 0.489. The molecule has 4 aromatic rings. The Labute approximate surface area is 386 Å². The largest absolute Gasteiger partial charge is 0.496 e. The van der Waals surface area contributed by atoms with Crippen LogP contribution in [0.3, 0.4) is 0 Å². The number of carbonyl (C=O) groups excluding carboxylic acids is 3. The Morgan fingerprint density at radius 3 is 2.56 bits per heavy atom. The monoisotopic (exact) mass is 955 g/mol. The molecule has 5 atom stereocenters. The number of methoxy groups -OCH3 is 1. The first-order valence-corrected chi connectivity index (χ1v) is 24.8. The maximum absolute atomic E-state index is 15.0. The lowest BCUT2D eigenvalue weighted by molar-refractivity contribution is -0.140. The molecule has 19 heteroatoms. The van der Waals surface area contributed by atoms with Gasteiger partial charge in [0.2, 0.25) is 11.8 Å². The van der Waals surface area contributed by atoms with E-state index in [4.69, 9.17) is 42.6 Å². The van der Waals surface area contributed by atoms with E-state index in [0.717, 1.165) is 24.1 Å². The molecule has 8 rings (SSSR count). The first-order chi connectivity index (χ1) is 30.6. The molecular weight excluding hydrogens is 905 g/mol. The molecule has 3 N–H and O–H groups in total. The fourth-order valence-electron chi connectivity index (χ4n) is 8.86. The van der Waals surface area contributed by atoms with Gasteiger partial charge in [-0.15, -0.1) is 11.3 Å². The van der Waals surface area contributed by atoms with Crippen LogP contribution in [0.15, 0.2) is 47.9 Å². The van der Waals surface area contributed by atoms with Gasteiger partial charge in [0.05, 0.1) is 34.9 Å². The lowest BCUT2D eigenvalue weighted by atomic mass is 10.0. The highest BCUT2D eigenvalue weighted by Gasteiger charge is 2.62. The number of anilines is 1. The minimum absolute atomic E-state index is 0.0268. The van der Waals surface area contributed by atoms with Crippen LogP contribution >= 0.6 is 34.5 Å².